The molecule has 0 spiro atoms. The van der Waals surface area contributed by atoms with E-state index in [4.69, 9.17) is 9.79 Å². The van der Waals surface area contributed by atoms with Gasteiger partial charge in [-0.2, -0.15) is 0 Å². The number of rotatable bonds is 1. The molecule has 0 unspecified atom stereocenters. The summed E-state index contributed by atoms with van der Waals surface area (Å²) in [6, 6.07) is 5.66. The highest BCUT2D eigenvalue weighted by Gasteiger charge is 2.06. The second-order valence-electron chi connectivity index (χ2n) is 2.58. The van der Waals surface area contributed by atoms with Gasteiger partial charge in [-0.1, -0.05) is 17.7 Å². The average molecular weight is 170 g/mol. The maximum atomic E-state index is 8.95. The van der Waals surface area contributed by atoms with Gasteiger partial charge in [0.15, 0.2) is 8.38 Å². The molecule has 0 radical (unpaired) electrons. The van der Waals surface area contributed by atoms with Crippen molar-refractivity contribution in [3.05, 3.63) is 29.3 Å². The van der Waals surface area contributed by atoms with Gasteiger partial charge in [-0.25, -0.2) is 0 Å². The molecular weight excluding hydrogens is 159 g/mol. The van der Waals surface area contributed by atoms with Gasteiger partial charge in [-0.05, 0) is 25.5 Å². The van der Waals surface area contributed by atoms with E-state index in [2.05, 4.69) is 0 Å². The molecule has 60 valence electrons. The Kier molecular flexibility index (Phi) is 2.61. The van der Waals surface area contributed by atoms with E-state index in [0.717, 1.165) is 11.1 Å². The van der Waals surface area contributed by atoms with E-state index in [1.165, 1.54) is 0 Å². The Morgan fingerprint density at radius 1 is 1.18 bits per heavy atom. The van der Waals surface area contributed by atoms with E-state index in [-0.39, 0.29) is 0 Å². The molecule has 0 saturated heterocycles. The topological polar surface area (TPSA) is 40.5 Å². The molecule has 2 N–H and O–H groups in total. The Morgan fingerprint density at radius 2 is 1.82 bits per heavy atom. The zero-order valence-electron chi connectivity index (χ0n) is 6.57. The Balaban J connectivity index is 3.13. The van der Waals surface area contributed by atoms with Crippen LogP contribution in [0.15, 0.2) is 18.2 Å². The van der Waals surface area contributed by atoms with Crippen molar-refractivity contribution in [2.24, 2.45) is 0 Å². The van der Waals surface area contributed by atoms with Gasteiger partial charge in [0.1, 0.15) is 0 Å². The summed E-state index contributed by atoms with van der Waals surface area (Å²) in [5.74, 6) is 0. The van der Waals surface area contributed by atoms with Crippen LogP contribution >= 0.6 is 8.38 Å². The zero-order chi connectivity index (χ0) is 8.43. The lowest BCUT2D eigenvalue weighted by Gasteiger charge is -2.06. The summed E-state index contributed by atoms with van der Waals surface area (Å²) in [6.45, 7) is 3.80. The van der Waals surface area contributed by atoms with Crippen LogP contribution in [0.25, 0.3) is 0 Å². The minimum absolute atomic E-state index is 0.653. The van der Waals surface area contributed by atoms with Crippen LogP contribution in [0.5, 0.6) is 0 Å². The summed E-state index contributed by atoms with van der Waals surface area (Å²) in [7, 11) is -1.93. The molecule has 0 atom stereocenters. The van der Waals surface area contributed by atoms with Gasteiger partial charge in [0, 0.05) is 5.30 Å². The number of benzene rings is 1. The Hall–Kier alpha value is -0.430. The zero-order valence-corrected chi connectivity index (χ0v) is 7.47. The average Bonchev–Trinajstić information content (AvgIpc) is 1.94. The smallest absolute Gasteiger partial charge is 0.199 e. The van der Waals surface area contributed by atoms with Crippen LogP contribution in [0.2, 0.25) is 0 Å². The molecule has 0 heterocycles. The van der Waals surface area contributed by atoms with Crippen LogP contribution in [0.4, 0.5) is 0 Å². The molecule has 0 aliphatic rings. The minimum Gasteiger partial charge on any atom is -0.347 e. The summed E-state index contributed by atoms with van der Waals surface area (Å²) in [4.78, 5) is 17.9. The quantitative estimate of drug-likeness (QED) is 0.622. The number of hydrogen-bond donors (Lipinski definition) is 2. The van der Waals surface area contributed by atoms with Crippen molar-refractivity contribution in [2.45, 2.75) is 13.8 Å². The fourth-order valence-corrected chi connectivity index (χ4v) is 1.64. The van der Waals surface area contributed by atoms with E-state index in [0.29, 0.717) is 5.30 Å². The van der Waals surface area contributed by atoms with E-state index in [1.54, 1.807) is 6.07 Å². The summed E-state index contributed by atoms with van der Waals surface area (Å²) in [6.07, 6.45) is 0. The van der Waals surface area contributed by atoms with Gasteiger partial charge in [0.25, 0.3) is 0 Å². The molecule has 0 aliphatic carbocycles. The van der Waals surface area contributed by atoms with Gasteiger partial charge in [-0.15, -0.1) is 0 Å². The molecule has 0 amide bonds. The third kappa shape index (κ3) is 2.00. The number of hydrogen-bond acceptors (Lipinski definition) is 2. The van der Waals surface area contributed by atoms with Crippen LogP contribution in [-0.2, 0) is 0 Å². The Bertz CT molecular complexity index is 258. The van der Waals surface area contributed by atoms with Crippen molar-refractivity contribution in [3.8, 4) is 0 Å². The second kappa shape index (κ2) is 3.31. The highest BCUT2D eigenvalue weighted by Crippen LogP contribution is 2.24. The molecule has 1 aromatic carbocycles. The van der Waals surface area contributed by atoms with E-state index < -0.39 is 8.38 Å². The van der Waals surface area contributed by atoms with Crippen molar-refractivity contribution >= 4 is 13.7 Å². The van der Waals surface area contributed by atoms with Crippen molar-refractivity contribution in [3.63, 3.8) is 0 Å². The maximum Gasteiger partial charge on any atom is 0.199 e. The van der Waals surface area contributed by atoms with Gasteiger partial charge >= 0.3 is 0 Å². The van der Waals surface area contributed by atoms with Gasteiger partial charge < -0.3 is 9.79 Å². The van der Waals surface area contributed by atoms with Crippen LogP contribution in [-0.4, -0.2) is 9.79 Å². The van der Waals surface area contributed by atoms with Crippen molar-refractivity contribution in [2.75, 3.05) is 0 Å². The highest BCUT2D eigenvalue weighted by molar-refractivity contribution is 7.54. The van der Waals surface area contributed by atoms with Crippen LogP contribution in [0.1, 0.15) is 11.1 Å². The molecule has 11 heavy (non-hydrogen) atoms. The van der Waals surface area contributed by atoms with Gasteiger partial charge in [0.05, 0.1) is 0 Å². The predicted molar refractivity (Wildman–Crippen MR) is 46.9 cm³/mol. The van der Waals surface area contributed by atoms with Gasteiger partial charge in [-0.3, -0.25) is 0 Å². The van der Waals surface area contributed by atoms with Crippen LogP contribution in [0.3, 0.4) is 0 Å². The molecule has 0 saturated carbocycles. The molecule has 0 fully saturated rings. The molecule has 0 aromatic heterocycles. The standard InChI is InChI=1S/C8H11O2P/c1-6-3-4-7(2)8(5-6)11(9)10/h3-5,9-10H,1-2H3. The molecule has 2 nitrogen and oxygen atoms in total. The van der Waals surface area contributed by atoms with Gasteiger partial charge in [0.2, 0.25) is 0 Å². The van der Waals surface area contributed by atoms with E-state index in [1.807, 2.05) is 26.0 Å². The summed E-state index contributed by atoms with van der Waals surface area (Å²) in [5.41, 5.74) is 1.99. The first-order valence-corrected chi connectivity index (χ1v) is 4.61. The molecule has 1 aromatic rings. The molecule has 3 heteroatoms. The normalized spacial score (nSPS) is 10.6. The minimum atomic E-state index is -1.93. The third-order valence-corrected chi connectivity index (χ3v) is 2.49. The first-order valence-electron chi connectivity index (χ1n) is 3.36. The SMILES string of the molecule is Cc1ccc(C)c(P(O)O)c1. The van der Waals surface area contributed by atoms with E-state index >= 15 is 0 Å². The van der Waals surface area contributed by atoms with Crippen molar-refractivity contribution in [1.29, 1.82) is 0 Å². The third-order valence-electron chi connectivity index (χ3n) is 1.58. The van der Waals surface area contributed by atoms with Crippen LogP contribution in [0, 0.1) is 13.8 Å². The Morgan fingerprint density at radius 3 is 2.27 bits per heavy atom. The Labute approximate surface area is 67.4 Å². The monoisotopic (exact) mass is 170 g/mol. The summed E-state index contributed by atoms with van der Waals surface area (Å²) >= 11 is 0. The van der Waals surface area contributed by atoms with Crippen molar-refractivity contribution < 1.29 is 9.79 Å². The molecular formula is C8H11O2P. The number of aryl methyl sites for hydroxylation is 2. The first kappa shape index (κ1) is 8.66. The summed E-state index contributed by atoms with van der Waals surface area (Å²) in [5, 5.41) is 0.653. The molecule has 0 aliphatic heterocycles. The fourth-order valence-electron chi connectivity index (χ4n) is 0.935. The first-order chi connectivity index (χ1) is 5.11. The molecule has 0 bridgehead atoms. The summed E-state index contributed by atoms with van der Waals surface area (Å²) < 4.78 is 0. The lowest BCUT2D eigenvalue weighted by Crippen LogP contribution is -2.04. The lowest BCUT2D eigenvalue weighted by molar-refractivity contribution is 0.496. The largest absolute Gasteiger partial charge is 0.347 e. The van der Waals surface area contributed by atoms with E-state index in [9.17, 15) is 0 Å². The maximum absolute atomic E-state index is 8.95. The van der Waals surface area contributed by atoms with Crippen molar-refractivity contribution in [1.82, 2.24) is 0 Å². The molecule has 1 rings (SSSR count). The predicted octanol–water partition coefficient (Wildman–Crippen LogP) is 1.23. The van der Waals surface area contributed by atoms with Crippen LogP contribution < -0.4 is 5.30 Å². The fraction of sp³-hybridized carbons (Fsp3) is 0.250. The lowest BCUT2D eigenvalue weighted by atomic mass is 10.2. The highest BCUT2D eigenvalue weighted by atomic mass is 31.2. The second-order valence-corrected chi connectivity index (χ2v) is 3.64.